The molecule has 0 bridgehead atoms. The highest BCUT2D eigenvalue weighted by Gasteiger charge is 2.31. The molecule has 4 unspecified atom stereocenters. The van der Waals surface area contributed by atoms with E-state index in [1.54, 1.807) is 0 Å². The first kappa shape index (κ1) is 32.3. The van der Waals surface area contributed by atoms with Crippen LogP contribution in [0.5, 0.6) is 5.75 Å². The van der Waals surface area contributed by atoms with Crippen LogP contribution < -0.4 is 27.4 Å². The molecular weight excluding hydrogens is 522 g/mol. The van der Waals surface area contributed by atoms with Crippen LogP contribution in [0.15, 0.2) is 24.3 Å². The Morgan fingerprint density at radius 1 is 0.718 bits per heavy atom. The minimum Gasteiger partial charge on any atom is -0.508 e. The molecule has 0 aliphatic rings. The van der Waals surface area contributed by atoms with Crippen LogP contribution in [0.2, 0.25) is 0 Å². The summed E-state index contributed by atoms with van der Waals surface area (Å²) < 4.78 is 0. The van der Waals surface area contributed by atoms with Crippen LogP contribution in [0.3, 0.4) is 0 Å². The number of primary amides is 1. The van der Waals surface area contributed by atoms with Gasteiger partial charge in [0, 0.05) is 19.3 Å². The van der Waals surface area contributed by atoms with Crippen LogP contribution in [0.25, 0.3) is 0 Å². The number of carboxylic acids is 3. The number of hydrogen-bond donors (Lipinski definition) is 9. The highest BCUT2D eigenvalue weighted by Crippen LogP contribution is 2.12. The number of nitrogens with two attached hydrogens (primary N) is 2. The fourth-order valence-electron chi connectivity index (χ4n) is 3.26. The van der Waals surface area contributed by atoms with Gasteiger partial charge in [-0.3, -0.25) is 28.8 Å². The summed E-state index contributed by atoms with van der Waals surface area (Å²) in [6.07, 6.45) is -2.71. The van der Waals surface area contributed by atoms with Gasteiger partial charge in [-0.1, -0.05) is 12.1 Å². The van der Waals surface area contributed by atoms with Crippen molar-refractivity contribution in [1.29, 1.82) is 0 Å². The Bertz CT molecular complexity index is 1080. The summed E-state index contributed by atoms with van der Waals surface area (Å²) in [5, 5.41) is 43.3. The Morgan fingerprint density at radius 3 is 1.74 bits per heavy atom. The standard InChI is InChI=1S/C23H31N5O11/c24-13(10-19(33)34)20(35)26-14(5-7-17(25)30)21(36)28-16(9-11-1-3-12(29)4-2-11)22(37)27-15(23(38)39)6-8-18(31)32/h1-4,13-16,29H,5-10,24H2,(H2,25,30)(H,26,35)(H,27,37)(H,28,36)(H,31,32)(H,33,34)(H,38,39). The number of phenols is 1. The van der Waals surface area contributed by atoms with Crippen LogP contribution in [-0.2, 0) is 40.0 Å². The van der Waals surface area contributed by atoms with Crippen molar-refractivity contribution in [2.45, 2.75) is 62.7 Å². The summed E-state index contributed by atoms with van der Waals surface area (Å²) in [6, 6.07) is -0.620. The van der Waals surface area contributed by atoms with E-state index in [-0.39, 0.29) is 25.0 Å². The van der Waals surface area contributed by atoms with Crippen molar-refractivity contribution in [3.63, 3.8) is 0 Å². The number of nitrogens with one attached hydrogen (secondary N) is 3. The minimum absolute atomic E-state index is 0.0877. The van der Waals surface area contributed by atoms with Crippen molar-refractivity contribution in [3.8, 4) is 5.75 Å². The topological polar surface area (TPSA) is 289 Å². The first-order valence-corrected chi connectivity index (χ1v) is 11.6. The highest BCUT2D eigenvalue weighted by atomic mass is 16.4. The third-order valence-electron chi connectivity index (χ3n) is 5.31. The van der Waals surface area contributed by atoms with Crippen LogP contribution in [-0.4, -0.2) is 86.1 Å². The summed E-state index contributed by atoms with van der Waals surface area (Å²) in [6.45, 7) is 0. The number of phenolic OH excluding ortho intramolecular Hbond substituents is 1. The second-order valence-corrected chi connectivity index (χ2v) is 8.53. The lowest BCUT2D eigenvalue weighted by atomic mass is 10.0. The zero-order chi connectivity index (χ0) is 29.7. The molecule has 11 N–H and O–H groups in total. The molecule has 16 nitrogen and oxygen atoms in total. The van der Waals surface area contributed by atoms with Gasteiger partial charge in [0.1, 0.15) is 23.9 Å². The van der Waals surface area contributed by atoms with Gasteiger partial charge in [0.2, 0.25) is 23.6 Å². The van der Waals surface area contributed by atoms with Crippen molar-refractivity contribution in [3.05, 3.63) is 29.8 Å². The molecule has 0 aromatic heterocycles. The lowest BCUT2D eigenvalue weighted by Gasteiger charge is -2.25. The molecule has 0 heterocycles. The number of amides is 4. The Balaban J connectivity index is 3.19. The highest BCUT2D eigenvalue weighted by molar-refractivity contribution is 5.95. The number of rotatable bonds is 17. The number of carbonyl (C=O) groups is 7. The van der Waals surface area contributed by atoms with E-state index in [0.717, 1.165) is 0 Å². The predicted octanol–water partition coefficient (Wildman–Crippen LogP) is -2.59. The van der Waals surface area contributed by atoms with E-state index in [1.807, 2.05) is 0 Å². The Labute approximate surface area is 221 Å². The number of carboxylic acid groups (broad SMARTS) is 3. The molecule has 214 valence electrons. The normalized spacial score (nSPS) is 13.7. The van der Waals surface area contributed by atoms with Crippen LogP contribution >= 0.6 is 0 Å². The Kier molecular flexibility index (Phi) is 12.8. The molecule has 16 heteroatoms. The van der Waals surface area contributed by atoms with E-state index < -0.39 is 85.0 Å². The lowest BCUT2D eigenvalue weighted by Crippen LogP contribution is -2.57. The molecule has 0 radical (unpaired) electrons. The van der Waals surface area contributed by atoms with Crippen LogP contribution in [0.4, 0.5) is 0 Å². The molecule has 0 saturated carbocycles. The first-order valence-electron chi connectivity index (χ1n) is 11.6. The monoisotopic (exact) mass is 553 g/mol. The molecule has 0 fully saturated rings. The fraction of sp³-hybridized carbons (Fsp3) is 0.435. The maximum atomic E-state index is 13.1. The number of aliphatic carboxylic acids is 3. The number of hydrogen-bond acceptors (Lipinski definition) is 9. The molecule has 39 heavy (non-hydrogen) atoms. The molecule has 1 rings (SSSR count). The van der Waals surface area contributed by atoms with E-state index in [1.165, 1.54) is 24.3 Å². The van der Waals surface area contributed by atoms with Crippen molar-refractivity contribution >= 4 is 41.5 Å². The molecule has 0 spiro atoms. The summed E-state index contributed by atoms with van der Waals surface area (Å²) in [7, 11) is 0. The zero-order valence-corrected chi connectivity index (χ0v) is 20.7. The minimum atomic E-state index is -1.60. The van der Waals surface area contributed by atoms with Gasteiger partial charge in [0.15, 0.2) is 0 Å². The van der Waals surface area contributed by atoms with Gasteiger partial charge in [-0.2, -0.15) is 0 Å². The van der Waals surface area contributed by atoms with Crippen molar-refractivity contribution < 1.29 is 54.0 Å². The molecule has 1 aromatic carbocycles. The second-order valence-electron chi connectivity index (χ2n) is 8.53. The van der Waals surface area contributed by atoms with Gasteiger partial charge in [-0.15, -0.1) is 0 Å². The van der Waals surface area contributed by atoms with Crippen LogP contribution in [0.1, 0.15) is 37.7 Å². The lowest BCUT2D eigenvalue weighted by molar-refractivity contribution is -0.143. The van der Waals surface area contributed by atoms with Crippen LogP contribution in [0, 0.1) is 0 Å². The fourth-order valence-corrected chi connectivity index (χ4v) is 3.26. The summed E-state index contributed by atoms with van der Waals surface area (Å²) in [5.74, 6) is -8.12. The predicted molar refractivity (Wildman–Crippen MR) is 131 cm³/mol. The van der Waals surface area contributed by atoms with E-state index >= 15 is 0 Å². The van der Waals surface area contributed by atoms with Crippen molar-refractivity contribution in [2.24, 2.45) is 11.5 Å². The number of benzene rings is 1. The quantitative estimate of drug-likeness (QED) is 0.0960. The number of carbonyl (C=O) groups excluding carboxylic acids is 4. The summed E-state index contributed by atoms with van der Waals surface area (Å²) in [4.78, 5) is 82.9. The van der Waals surface area contributed by atoms with E-state index in [4.69, 9.17) is 21.7 Å². The van der Waals surface area contributed by atoms with Crippen molar-refractivity contribution in [2.75, 3.05) is 0 Å². The molecule has 0 aliphatic carbocycles. The van der Waals surface area contributed by atoms with Gasteiger partial charge in [0.05, 0.1) is 12.5 Å². The van der Waals surface area contributed by atoms with Gasteiger partial charge < -0.3 is 47.8 Å². The van der Waals surface area contributed by atoms with E-state index in [0.29, 0.717) is 5.56 Å². The largest absolute Gasteiger partial charge is 0.508 e. The van der Waals surface area contributed by atoms with Gasteiger partial charge in [-0.05, 0) is 30.5 Å². The summed E-state index contributed by atoms with van der Waals surface area (Å²) in [5.41, 5.74) is 11.1. The first-order chi connectivity index (χ1) is 18.2. The van der Waals surface area contributed by atoms with Crippen molar-refractivity contribution in [1.82, 2.24) is 16.0 Å². The van der Waals surface area contributed by atoms with E-state index in [2.05, 4.69) is 16.0 Å². The molecule has 0 aliphatic heterocycles. The third kappa shape index (κ3) is 12.4. The second kappa shape index (κ2) is 15.5. The molecular formula is C23H31N5O11. The molecule has 1 aromatic rings. The van der Waals surface area contributed by atoms with Gasteiger partial charge in [0.25, 0.3) is 0 Å². The Hall–Kier alpha value is -4.73. The number of aromatic hydroxyl groups is 1. The van der Waals surface area contributed by atoms with Gasteiger partial charge in [-0.25, -0.2) is 4.79 Å². The smallest absolute Gasteiger partial charge is 0.326 e. The zero-order valence-electron chi connectivity index (χ0n) is 20.7. The maximum absolute atomic E-state index is 13.1. The Morgan fingerprint density at radius 2 is 1.23 bits per heavy atom. The maximum Gasteiger partial charge on any atom is 0.326 e. The average Bonchev–Trinajstić information content (AvgIpc) is 2.83. The molecule has 0 saturated heterocycles. The third-order valence-corrected chi connectivity index (χ3v) is 5.31. The SMILES string of the molecule is NC(=O)CCC(NC(=O)C(N)CC(=O)O)C(=O)NC(Cc1ccc(O)cc1)C(=O)NC(CCC(=O)O)C(=O)O. The van der Waals surface area contributed by atoms with E-state index in [9.17, 15) is 43.8 Å². The molecule has 4 atom stereocenters. The molecule has 4 amide bonds. The average molecular weight is 554 g/mol. The summed E-state index contributed by atoms with van der Waals surface area (Å²) >= 11 is 0. The van der Waals surface area contributed by atoms with Gasteiger partial charge >= 0.3 is 17.9 Å².